The smallest absolute Gasteiger partial charge is 0.256 e. The zero-order valence-corrected chi connectivity index (χ0v) is 16.9. The average Bonchev–Trinajstić information content (AvgIpc) is 3.43. The molecule has 0 fully saturated rings. The summed E-state index contributed by atoms with van der Waals surface area (Å²) in [5.74, 6) is 0.593. The Morgan fingerprint density at radius 1 is 1.32 bits per heavy atom. The van der Waals surface area contributed by atoms with Gasteiger partial charge in [0, 0.05) is 18.5 Å². The van der Waals surface area contributed by atoms with E-state index in [0.717, 1.165) is 11.3 Å². The normalized spacial score (nSPS) is 17.6. The van der Waals surface area contributed by atoms with E-state index in [9.17, 15) is 4.79 Å². The largest absolute Gasteiger partial charge is 0.467 e. The lowest BCUT2D eigenvalue weighted by Gasteiger charge is -2.22. The second-order valence-electron chi connectivity index (χ2n) is 6.46. The molecule has 2 atom stereocenters. The molecule has 3 heterocycles. The van der Waals surface area contributed by atoms with Gasteiger partial charge in [0.05, 0.1) is 17.2 Å². The van der Waals surface area contributed by atoms with Crippen LogP contribution >= 0.6 is 23.4 Å². The minimum atomic E-state index is -0.381. The summed E-state index contributed by atoms with van der Waals surface area (Å²) in [5, 5.41) is 15.0. The molecule has 9 heteroatoms. The number of thioether (sulfide) groups is 1. The van der Waals surface area contributed by atoms with Crippen LogP contribution in [-0.4, -0.2) is 36.6 Å². The highest BCUT2D eigenvalue weighted by molar-refractivity contribution is 8.00. The number of halogens is 1. The van der Waals surface area contributed by atoms with Crippen molar-refractivity contribution < 1.29 is 9.21 Å². The maximum absolute atomic E-state index is 13.2. The van der Waals surface area contributed by atoms with E-state index in [1.165, 1.54) is 16.8 Å². The molecule has 1 aromatic carbocycles. The topological polar surface area (TPSA) is 76.5 Å². The number of amides is 1. The zero-order chi connectivity index (χ0) is 19.7. The van der Waals surface area contributed by atoms with Crippen molar-refractivity contribution in [1.82, 2.24) is 19.8 Å². The van der Waals surface area contributed by atoms with Gasteiger partial charge in [-0.05, 0) is 36.8 Å². The fourth-order valence-electron chi connectivity index (χ4n) is 3.01. The van der Waals surface area contributed by atoms with E-state index in [4.69, 9.17) is 16.0 Å². The third-order valence-corrected chi connectivity index (χ3v) is 5.87. The molecule has 1 aliphatic rings. The van der Waals surface area contributed by atoms with Crippen molar-refractivity contribution in [3.63, 3.8) is 0 Å². The number of hydrogen-bond acceptors (Lipinski definition) is 6. The molecule has 0 radical (unpaired) electrons. The maximum Gasteiger partial charge on any atom is 0.256 e. The van der Waals surface area contributed by atoms with Gasteiger partial charge in [-0.1, -0.05) is 35.5 Å². The van der Waals surface area contributed by atoms with Gasteiger partial charge in [0.1, 0.15) is 18.1 Å². The van der Waals surface area contributed by atoms with E-state index in [2.05, 4.69) is 15.3 Å². The van der Waals surface area contributed by atoms with Crippen LogP contribution in [0.25, 0.3) is 0 Å². The molecular formula is C19H18ClN5O2S. The van der Waals surface area contributed by atoms with Crippen LogP contribution in [0.5, 0.6) is 0 Å². The monoisotopic (exact) mass is 415 g/mol. The minimum Gasteiger partial charge on any atom is -0.467 e. The lowest BCUT2D eigenvalue weighted by Crippen LogP contribution is -2.33. The lowest BCUT2D eigenvalue weighted by molar-refractivity contribution is -0.132. The summed E-state index contributed by atoms with van der Waals surface area (Å²) in [5.41, 5.74) is 1.76. The predicted molar refractivity (Wildman–Crippen MR) is 107 cm³/mol. The number of carbonyl (C=O) groups excluding carboxylic acids is 1. The molecular weight excluding hydrogens is 398 g/mol. The van der Waals surface area contributed by atoms with Crippen LogP contribution in [-0.2, 0) is 11.8 Å². The minimum absolute atomic E-state index is 0.113. The Morgan fingerprint density at radius 3 is 2.75 bits per heavy atom. The first-order valence-electron chi connectivity index (χ1n) is 8.73. The van der Waals surface area contributed by atoms with Gasteiger partial charge in [-0.3, -0.25) is 4.79 Å². The molecule has 0 N–H and O–H groups in total. The summed E-state index contributed by atoms with van der Waals surface area (Å²) in [4.78, 5) is 13.2. The SMILES string of the molecule is C[C@H](Sc1nncn1C)C(=O)N1N=C(c2ccc(Cl)cc2)C[C@@H]1c1ccco1. The first-order chi connectivity index (χ1) is 13.5. The Bertz CT molecular complexity index is 1000. The number of furan rings is 1. The van der Waals surface area contributed by atoms with Gasteiger partial charge in [-0.15, -0.1) is 10.2 Å². The summed E-state index contributed by atoms with van der Waals surface area (Å²) < 4.78 is 7.37. The lowest BCUT2D eigenvalue weighted by atomic mass is 10.0. The first kappa shape index (κ1) is 18.8. The van der Waals surface area contributed by atoms with Crippen molar-refractivity contribution in [3.8, 4) is 0 Å². The van der Waals surface area contributed by atoms with Crippen LogP contribution in [0.1, 0.15) is 30.7 Å². The molecule has 0 unspecified atom stereocenters. The number of aromatic nitrogens is 3. The maximum atomic E-state index is 13.2. The number of hydrogen-bond donors (Lipinski definition) is 0. The van der Waals surface area contributed by atoms with Gasteiger partial charge < -0.3 is 8.98 Å². The summed E-state index contributed by atoms with van der Waals surface area (Å²) in [6.07, 6.45) is 3.79. The molecule has 1 amide bonds. The summed E-state index contributed by atoms with van der Waals surface area (Å²) in [6.45, 7) is 1.84. The molecule has 7 nitrogen and oxygen atoms in total. The van der Waals surface area contributed by atoms with Crippen molar-refractivity contribution in [2.24, 2.45) is 12.1 Å². The number of nitrogens with zero attached hydrogens (tertiary/aromatic N) is 5. The van der Waals surface area contributed by atoms with Crippen LogP contribution in [0.4, 0.5) is 0 Å². The molecule has 0 spiro atoms. The molecule has 3 aromatic rings. The standard InChI is InChI=1S/C19H18ClN5O2S/c1-12(28-19-22-21-11-24(19)2)18(26)25-16(17-4-3-9-27-17)10-15(23-25)13-5-7-14(20)8-6-13/h3-9,11-12,16H,10H2,1-2H3/t12-,16+/m0/s1. The molecule has 2 aromatic heterocycles. The van der Waals surface area contributed by atoms with Crippen molar-refractivity contribution >= 4 is 35.0 Å². The van der Waals surface area contributed by atoms with Gasteiger partial charge in [0.2, 0.25) is 0 Å². The van der Waals surface area contributed by atoms with Crippen LogP contribution in [0.3, 0.4) is 0 Å². The predicted octanol–water partition coefficient (Wildman–Crippen LogP) is 3.92. The molecule has 0 saturated heterocycles. The van der Waals surface area contributed by atoms with Gasteiger partial charge >= 0.3 is 0 Å². The van der Waals surface area contributed by atoms with Crippen LogP contribution in [0.2, 0.25) is 5.02 Å². The number of hydrazone groups is 1. The highest BCUT2D eigenvalue weighted by Gasteiger charge is 2.37. The van der Waals surface area contributed by atoms with Crippen molar-refractivity contribution in [2.45, 2.75) is 29.8 Å². The van der Waals surface area contributed by atoms with E-state index in [0.29, 0.717) is 22.4 Å². The van der Waals surface area contributed by atoms with E-state index < -0.39 is 0 Å². The van der Waals surface area contributed by atoms with Crippen molar-refractivity contribution in [2.75, 3.05) is 0 Å². The second-order valence-corrected chi connectivity index (χ2v) is 8.20. The second kappa shape index (κ2) is 7.81. The van der Waals surface area contributed by atoms with Gasteiger partial charge in [0.15, 0.2) is 5.16 Å². The summed E-state index contributed by atoms with van der Waals surface area (Å²) in [7, 11) is 1.85. The number of carbonyl (C=O) groups is 1. The average molecular weight is 416 g/mol. The molecule has 0 bridgehead atoms. The molecule has 0 aliphatic carbocycles. The van der Waals surface area contributed by atoms with Crippen LogP contribution < -0.4 is 0 Å². The summed E-state index contributed by atoms with van der Waals surface area (Å²) in [6, 6.07) is 10.9. The Hall–Kier alpha value is -2.58. The zero-order valence-electron chi connectivity index (χ0n) is 15.3. The van der Waals surface area contributed by atoms with E-state index in [1.807, 2.05) is 50.4 Å². The third-order valence-electron chi connectivity index (χ3n) is 4.49. The van der Waals surface area contributed by atoms with Gasteiger partial charge in [-0.2, -0.15) is 5.10 Å². The highest BCUT2D eigenvalue weighted by atomic mass is 35.5. The Labute approximate surface area is 171 Å². The Kier molecular flexibility index (Phi) is 5.23. The van der Waals surface area contributed by atoms with E-state index in [1.54, 1.807) is 17.2 Å². The molecule has 1 aliphatic heterocycles. The fourth-order valence-corrected chi connectivity index (χ4v) is 3.97. The van der Waals surface area contributed by atoms with E-state index >= 15 is 0 Å². The number of benzene rings is 1. The van der Waals surface area contributed by atoms with Crippen molar-refractivity contribution in [3.05, 3.63) is 65.3 Å². The van der Waals surface area contributed by atoms with E-state index in [-0.39, 0.29) is 17.2 Å². The quantitative estimate of drug-likeness (QED) is 0.590. The molecule has 4 rings (SSSR count). The molecule has 28 heavy (non-hydrogen) atoms. The van der Waals surface area contributed by atoms with Gasteiger partial charge in [-0.25, -0.2) is 5.01 Å². The molecule has 0 saturated carbocycles. The number of rotatable bonds is 5. The summed E-state index contributed by atoms with van der Waals surface area (Å²) >= 11 is 7.35. The third kappa shape index (κ3) is 3.70. The van der Waals surface area contributed by atoms with Crippen molar-refractivity contribution in [1.29, 1.82) is 0 Å². The first-order valence-corrected chi connectivity index (χ1v) is 9.99. The Balaban J connectivity index is 1.61. The van der Waals surface area contributed by atoms with Gasteiger partial charge in [0.25, 0.3) is 5.91 Å². The molecule has 144 valence electrons. The fraction of sp³-hybridized carbons (Fsp3) is 0.263. The van der Waals surface area contributed by atoms with Crippen LogP contribution in [0, 0.1) is 0 Å². The highest BCUT2D eigenvalue weighted by Crippen LogP contribution is 2.35. The number of aryl methyl sites for hydroxylation is 1. The van der Waals surface area contributed by atoms with Crippen LogP contribution in [0.15, 0.2) is 63.7 Å². The Morgan fingerprint density at radius 2 is 2.11 bits per heavy atom.